The summed E-state index contributed by atoms with van der Waals surface area (Å²) in [4.78, 5) is 66.8. The maximum atomic E-state index is 13.1. The van der Waals surface area contributed by atoms with E-state index in [4.69, 9.17) is 4.74 Å². The smallest absolute Gasteiger partial charge is 0.329 e. The highest BCUT2D eigenvalue weighted by molar-refractivity contribution is 8.13. The number of aromatic nitrogens is 1. The van der Waals surface area contributed by atoms with Gasteiger partial charge in [-0.15, -0.1) is 0 Å². The van der Waals surface area contributed by atoms with Gasteiger partial charge >= 0.3 is 5.97 Å². The quantitative estimate of drug-likeness (QED) is 0.220. The zero-order valence-corrected chi connectivity index (χ0v) is 22.4. The highest BCUT2D eigenvalue weighted by Gasteiger charge is 2.28. The van der Waals surface area contributed by atoms with Crippen LogP contribution < -0.4 is 16.0 Å². The van der Waals surface area contributed by atoms with Gasteiger partial charge < -0.3 is 20.7 Å². The number of esters is 1. The molecule has 2 atom stereocenters. The van der Waals surface area contributed by atoms with Crippen molar-refractivity contribution in [3.8, 4) is 0 Å². The third-order valence-electron chi connectivity index (χ3n) is 5.18. The lowest BCUT2D eigenvalue weighted by molar-refractivity contribution is -0.152. The van der Waals surface area contributed by atoms with Crippen molar-refractivity contribution < 1.29 is 28.7 Å². The summed E-state index contributed by atoms with van der Waals surface area (Å²) < 4.78 is 5.65. The van der Waals surface area contributed by atoms with E-state index in [0.29, 0.717) is 17.9 Å². The Kier molecular flexibility index (Phi) is 12.0. The summed E-state index contributed by atoms with van der Waals surface area (Å²) in [6.07, 6.45) is 4.62. The minimum Gasteiger partial charge on any atom is -0.456 e. The molecule has 0 fully saturated rings. The molecular weight excluding hydrogens is 496 g/mol. The van der Waals surface area contributed by atoms with E-state index in [-0.39, 0.29) is 47.7 Å². The summed E-state index contributed by atoms with van der Waals surface area (Å²) in [6.45, 7) is 6.93. The van der Waals surface area contributed by atoms with Crippen molar-refractivity contribution in [2.24, 2.45) is 5.92 Å². The Morgan fingerprint density at radius 3 is 2.65 bits per heavy atom. The van der Waals surface area contributed by atoms with Crippen LogP contribution in [-0.4, -0.2) is 51.7 Å². The molecule has 200 valence electrons. The second-order valence-electron chi connectivity index (χ2n) is 8.84. The highest BCUT2D eigenvalue weighted by atomic mass is 32.2. The number of allylic oxidation sites excluding steroid dienone is 2. The van der Waals surface area contributed by atoms with Crippen LogP contribution in [0.4, 0.5) is 0 Å². The van der Waals surface area contributed by atoms with Gasteiger partial charge in [0.1, 0.15) is 23.5 Å². The molecule has 1 aliphatic heterocycles. The molecule has 0 spiro atoms. The van der Waals surface area contributed by atoms with Gasteiger partial charge in [-0.2, -0.15) is 0 Å². The lowest BCUT2D eigenvalue weighted by Crippen LogP contribution is -2.46. The summed E-state index contributed by atoms with van der Waals surface area (Å²) >= 11 is 1.18. The third kappa shape index (κ3) is 10.6. The van der Waals surface area contributed by atoms with E-state index in [9.17, 15) is 24.0 Å². The SMILES string of the molecule is C/C=C1\NC(=O)c2cccc(n2)CNC(=O)C[C@@H](/C=C/CCSC(C)=O)OC(=O)[C@H](CC(C)C)NC1=O. The molecule has 3 N–H and O–H groups in total. The predicted molar refractivity (Wildman–Crippen MR) is 140 cm³/mol. The third-order valence-corrected chi connectivity index (χ3v) is 6.03. The number of thioether (sulfide) groups is 1. The van der Waals surface area contributed by atoms with E-state index in [1.165, 1.54) is 30.8 Å². The van der Waals surface area contributed by atoms with E-state index in [2.05, 4.69) is 20.9 Å². The normalized spacial score (nSPS) is 20.9. The first-order valence-corrected chi connectivity index (χ1v) is 13.1. The first-order valence-electron chi connectivity index (χ1n) is 12.1. The Balaban J connectivity index is 2.34. The van der Waals surface area contributed by atoms with Crippen LogP contribution in [-0.2, 0) is 30.5 Å². The van der Waals surface area contributed by atoms with Gasteiger partial charge in [0.2, 0.25) is 5.91 Å². The van der Waals surface area contributed by atoms with Crippen molar-refractivity contribution in [2.75, 3.05) is 5.75 Å². The monoisotopic (exact) mass is 530 g/mol. The van der Waals surface area contributed by atoms with Crippen molar-refractivity contribution >= 4 is 40.6 Å². The van der Waals surface area contributed by atoms with Crippen molar-refractivity contribution in [3.05, 3.63) is 53.5 Å². The number of nitrogens with zero attached hydrogens (tertiary/aromatic N) is 1. The molecule has 11 heteroatoms. The number of hydrogen-bond acceptors (Lipinski definition) is 8. The number of fused-ring (bicyclic) bond motifs is 2. The largest absolute Gasteiger partial charge is 0.456 e. The van der Waals surface area contributed by atoms with Gasteiger partial charge in [0.15, 0.2) is 5.12 Å². The predicted octanol–water partition coefficient (Wildman–Crippen LogP) is 2.40. The lowest BCUT2D eigenvalue weighted by atomic mass is 10.0. The van der Waals surface area contributed by atoms with Crippen LogP contribution in [0, 0.1) is 5.92 Å². The van der Waals surface area contributed by atoms with Gasteiger partial charge in [-0.25, -0.2) is 9.78 Å². The molecule has 0 saturated carbocycles. The fourth-order valence-corrected chi connectivity index (χ4v) is 3.96. The van der Waals surface area contributed by atoms with E-state index >= 15 is 0 Å². The average molecular weight is 531 g/mol. The zero-order chi connectivity index (χ0) is 27.4. The Hall–Kier alpha value is -3.47. The summed E-state index contributed by atoms with van der Waals surface area (Å²) in [7, 11) is 0. The summed E-state index contributed by atoms with van der Waals surface area (Å²) in [5.74, 6) is -1.72. The molecule has 3 amide bonds. The fourth-order valence-electron chi connectivity index (χ4n) is 3.42. The van der Waals surface area contributed by atoms with Crippen LogP contribution in [0.3, 0.4) is 0 Å². The molecule has 0 unspecified atom stereocenters. The van der Waals surface area contributed by atoms with Gasteiger partial charge in [-0.3, -0.25) is 19.2 Å². The number of rotatable bonds is 6. The first-order chi connectivity index (χ1) is 17.6. The zero-order valence-electron chi connectivity index (χ0n) is 21.5. The van der Waals surface area contributed by atoms with E-state index in [0.717, 1.165) is 0 Å². The molecule has 37 heavy (non-hydrogen) atoms. The number of carbonyl (C=O) groups excluding carboxylic acids is 5. The number of nitrogens with one attached hydrogen (secondary N) is 3. The number of carbonyl (C=O) groups is 5. The molecule has 1 aromatic rings. The minimum absolute atomic E-state index is 0.00514. The molecule has 0 aromatic carbocycles. The topological polar surface area (TPSA) is 144 Å². The molecule has 1 aliphatic rings. The average Bonchev–Trinajstić information content (AvgIpc) is 2.84. The molecular formula is C26H34N4O6S. The Bertz CT molecular complexity index is 1070. The van der Waals surface area contributed by atoms with Crippen LogP contribution in [0.5, 0.6) is 0 Å². The Morgan fingerprint density at radius 2 is 1.97 bits per heavy atom. The van der Waals surface area contributed by atoms with Gasteiger partial charge in [-0.05, 0) is 43.9 Å². The van der Waals surface area contributed by atoms with Crippen LogP contribution in [0.2, 0.25) is 0 Å². The summed E-state index contributed by atoms with van der Waals surface area (Å²) in [5.41, 5.74) is 0.494. The van der Waals surface area contributed by atoms with E-state index < -0.39 is 29.9 Å². The van der Waals surface area contributed by atoms with E-state index in [1.807, 2.05) is 13.8 Å². The van der Waals surface area contributed by atoms with Crippen LogP contribution in [0.1, 0.15) is 63.1 Å². The standard InChI is InChI=1S/C26H34N4O6S/c1-5-20-24(33)30-22(13-16(2)3)26(35)36-19(10-6-7-12-37-17(4)31)14-23(32)27-15-18-9-8-11-21(28-18)25(34)29-20/h5-6,8-11,16,19,22H,7,12-15H2,1-4H3,(H,27,32)(H,29,34)(H,30,33)/b10-6+,20-5-/t19-,22+/m1/s1. The molecule has 1 aromatic heterocycles. The molecule has 10 nitrogen and oxygen atoms in total. The van der Waals surface area contributed by atoms with Gasteiger partial charge in [0, 0.05) is 12.7 Å². The summed E-state index contributed by atoms with van der Waals surface area (Å²) in [5, 5.41) is 7.92. The molecule has 2 rings (SSSR count). The van der Waals surface area contributed by atoms with Crippen molar-refractivity contribution in [1.82, 2.24) is 20.9 Å². The van der Waals surface area contributed by atoms with Crippen molar-refractivity contribution in [3.63, 3.8) is 0 Å². The lowest BCUT2D eigenvalue weighted by Gasteiger charge is -2.23. The van der Waals surface area contributed by atoms with Gasteiger partial charge in [0.25, 0.3) is 11.8 Å². The number of pyridine rings is 1. The maximum Gasteiger partial charge on any atom is 0.329 e. The van der Waals surface area contributed by atoms with Gasteiger partial charge in [-0.1, -0.05) is 43.8 Å². The summed E-state index contributed by atoms with van der Waals surface area (Å²) in [6, 6.07) is 3.79. The Labute approximate surface area is 221 Å². The number of amides is 3. The number of cyclic esters (lactones) is 1. The second kappa shape index (κ2) is 14.9. The molecule has 0 radical (unpaired) electrons. The van der Waals surface area contributed by atoms with Gasteiger partial charge in [0.05, 0.1) is 18.7 Å². The number of ether oxygens (including phenoxy) is 1. The Morgan fingerprint density at radius 1 is 1.22 bits per heavy atom. The van der Waals surface area contributed by atoms with Crippen LogP contribution in [0.15, 0.2) is 42.1 Å². The molecule has 0 aliphatic carbocycles. The molecule has 0 saturated heterocycles. The minimum atomic E-state index is -0.999. The number of hydrogen-bond donors (Lipinski definition) is 3. The van der Waals surface area contributed by atoms with Crippen LogP contribution in [0.25, 0.3) is 0 Å². The molecule has 2 bridgehead atoms. The van der Waals surface area contributed by atoms with Crippen molar-refractivity contribution in [1.29, 1.82) is 0 Å². The van der Waals surface area contributed by atoms with Crippen LogP contribution >= 0.6 is 11.8 Å². The maximum absolute atomic E-state index is 13.1. The van der Waals surface area contributed by atoms with E-state index in [1.54, 1.807) is 31.2 Å². The molecule has 2 heterocycles. The highest BCUT2D eigenvalue weighted by Crippen LogP contribution is 2.13. The fraction of sp³-hybridized carbons (Fsp3) is 0.462. The first kappa shape index (κ1) is 29.8. The van der Waals surface area contributed by atoms with Crippen molar-refractivity contribution in [2.45, 2.75) is 65.6 Å². The second-order valence-corrected chi connectivity index (χ2v) is 10.1.